The van der Waals surface area contributed by atoms with Crippen LogP contribution in [-0.4, -0.2) is 15.0 Å². The van der Waals surface area contributed by atoms with Crippen molar-refractivity contribution in [2.24, 2.45) is 0 Å². The molecule has 0 spiro atoms. The molecular formula is C17H14BrN3O. The molecule has 1 aromatic heterocycles. The summed E-state index contributed by atoms with van der Waals surface area (Å²) < 4.78 is 8.73. The summed E-state index contributed by atoms with van der Waals surface area (Å²) in [5.74, 6) is 0. The Labute approximate surface area is 136 Å². The molecule has 2 heterocycles. The number of rotatable bonds is 1. The van der Waals surface area contributed by atoms with Crippen LogP contribution in [0.1, 0.15) is 16.8 Å². The summed E-state index contributed by atoms with van der Waals surface area (Å²) in [6.07, 6.45) is 0. The first kappa shape index (κ1) is 13.7. The van der Waals surface area contributed by atoms with Crippen LogP contribution in [0.5, 0.6) is 0 Å². The third-order valence-electron chi connectivity index (χ3n) is 3.86. The molecule has 0 saturated carbocycles. The Morgan fingerprint density at radius 2 is 2.00 bits per heavy atom. The number of ether oxygens (including phenoxy) is 1. The van der Waals surface area contributed by atoms with Crippen LogP contribution in [0.25, 0.3) is 16.9 Å². The first-order valence-electron chi connectivity index (χ1n) is 7.11. The maximum Gasteiger partial charge on any atom is 0.120 e. The van der Waals surface area contributed by atoms with Gasteiger partial charge in [-0.15, -0.1) is 5.10 Å². The predicted octanol–water partition coefficient (Wildman–Crippen LogP) is 4.04. The van der Waals surface area contributed by atoms with Gasteiger partial charge in [-0.25, -0.2) is 4.68 Å². The number of benzene rings is 2. The molecule has 0 fully saturated rings. The van der Waals surface area contributed by atoms with Crippen molar-refractivity contribution in [3.8, 4) is 16.9 Å². The molecule has 3 aromatic rings. The number of fused-ring (bicyclic) bond motifs is 3. The lowest BCUT2D eigenvalue weighted by molar-refractivity contribution is 0.108. The fourth-order valence-electron chi connectivity index (χ4n) is 2.75. The second-order valence-corrected chi connectivity index (χ2v) is 6.26. The van der Waals surface area contributed by atoms with Gasteiger partial charge in [0.15, 0.2) is 0 Å². The fourth-order valence-corrected chi connectivity index (χ4v) is 3.19. The molecule has 4 rings (SSSR count). The van der Waals surface area contributed by atoms with Gasteiger partial charge in [-0.05, 0) is 25.1 Å². The molecule has 0 aliphatic carbocycles. The molecular weight excluding hydrogens is 342 g/mol. The Morgan fingerprint density at radius 1 is 1.14 bits per heavy atom. The highest BCUT2D eigenvalue weighted by Crippen LogP contribution is 2.33. The van der Waals surface area contributed by atoms with Crippen molar-refractivity contribution in [3.05, 3.63) is 63.8 Å². The van der Waals surface area contributed by atoms with Crippen molar-refractivity contribution in [1.82, 2.24) is 15.0 Å². The van der Waals surface area contributed by atoms with Crippen molar-refractivity contribution in [1.29, 1.82) is 0 Å². The van der Waals surface area contributed by atoms with Crippen molar-refractivity contribution in [3.63, 3.8) is 0 Å². The van der Waals surface area contributed by atoms with Crippen LogP contribution < -0.4 is 0 Å². The highest BCUT2D eigenvalue weighted by atomic mass is 79.9. The lowest BCUT2D eigenvalue weighted by Gasteiger charge is -2.07. The third-order valence-corrected chi connectivity index (χ3v) is 4.55. The summed E-state index contributed by atoms with van der Waals surface area (Å²) in [5.41, 5.74) is 6.25. The van der Waals surface area contributed by atoms with E-state index >= 15 is 0 Å². The quantitative estimate of drug-likeness (QED) is 0.661. The molecule has 1 aliphatic rings. The molecule has 0 amide bonds. The van der Waals surface area contributed by atoms with Crippen molar-refractivity contribution in [2.75, 3.05) is 0 Å². The Hall–Kier alpha value is -1.98. The molecule has 0 bridgehead atoms. The van der Waals surface area contributed by atoms with E-state index in [0.29, 0.717) is 13.2 Å². The van der Waals surface area contributed by atoms with Crippen molar-refractivity contribution in [2.45, 2.75) is 20.1 Å². The zero-order chi connectivity index (χ0) is 15.1. The maximum atomic E-state index is 5.82. The van der Waals surface area contributed by atoms with Gasteiger partial charge in [0, 0.05) is 15.6 Å². The van der Waals surface area contributed by atoms with Gasteiger partial charge in [-0.3, -0.25) is 0 Å². The van der Waals surface area contributed by atoms with E-state index in [4.69, 9.17) is 4.74 Å². The molecule has 2 aromatic carbocycles. The first-order valence-corrected chi connectivity index (χ1v) is 7.90. The summed E-state index contributed by atoms with van der Waals surface area (Å²) in [6, 6.07) is 14.4. The largest absolute Gasteiger partial charge is 0.370 e. The molecule has 0 unspecified atom stereocenters. The molecule has 4 nitrogen and oxygen atoms in total. The van der Waals surface area contributed by atoms with Gasteiger partial charge in [0.25, 0.3) is 0 Å². The lowest BCUT2D eigenvalue weighted by atomic mass is 10.1. The van der Waals surface area contributed by atoms with Gasteiger partial charge in [0.05, 0.1) is 24.6 Å². The lowest BCUT2D eigenvalue weighted by Crippen LogP contribution is -2.02. The van der Waals surface area contributed by atoms with Crippen LogP contribution in [0.2, 0.25) is 0 Å². The van der Waals surface area contributed by atoms with Crippen LogP contribution in [0.3, 0.4) is 0 Å². The number of halogens is 1. The summed E-state index contributed by atoms with van der Waals surface area (Å²) in [7, 11) is 0. The topological polar surface area (TPSA) is 39.9 Å². The first-order chi connectivity index (χ1) is 10.7. The highest BCUT2D eigenvalue weighted by Gasteiger charge is 2.22. The number of nitrogens with zero attached hydrogens (tertiary/aromatic N) is 3. The minimum Gasteiger partial charge on any atom is -0.370 e. The van der Waals surface area contributed by atoms with E-state index in [2.05, 4.69) is 57.4 Å². The van der Waals surface area contributed by atoms with E-state index in [1.807, 2.05) is 22.9 Å². The van der Waals surface area contributed by atoms with Crippen LogP contribution in [0.4, 0.5) is 0 Å². The summed E-state index contributed by atoms with van der Waals surface area (Å²) in [6.45, 7) is 3.16. The van der Waals surface area contributed by atoms with Crippen LogP contribution >= 0.6 is 15.9 Å². The van der Waals surface area contributed by atoms with Gasteiger partial charge in [-0.1, -0.05) is 51.0 Å². The van der Waals surface area contributed by atoms with Crippen LogP contribution in [0, 0.1) is 6.92 Å². The highest BCUT2D eigenvalue weighted by molar-refractivity contribution is 9.10. The molecule has 5 heteroatoms. The molecule has 0 N–H and O–H groups in total. The maximum absolute atomic E-state index is 5.82. The normalized spacial score (nSPS) is 13.4. The van der Waals surface area contributed by atoms with Gasteiger partial charge in [0.1, 0.15) is 5.69 Å². The van der Waals surface area contributed by atoms with Gasteiger partial charge >= 0.3 is 0 Å². The second-order valence-electron chi connectivity index (χ2n) is 5.40. The SMILES string of the molecule is Cc1ccc(Br)c(-c2nnn3c2COCc2ccccc2-3)c1. The minimum atomic E-state index is 0.497. The van der Waals surface area contributed by atoms with E-state index in [0.717, 1.165) is 32.7 Å². The van der Waals surface area contributed by atoms with Crippen LogP contribution in [-0.2, 0) is 18.0 Å². The Kier molecular flexibility index (Phi) is 3.32. The number of aromatic nitrogens is 3. The van der Waals surface area contributed by atoms with Crippen molar-refractivity contribution >= 4 is 15.9 Å². The molecule has 110 valence electrons. The number of hydrogen-bond acceptors (Lipinski definition) is 3. The second kappa shape index (κ2) is 5.34. The minimum absolute atomic E-state index is 0.497. The van der Waals surface area contributed by atoms with Crippen LogP contribution in [0.15, 0.2) is 46.9 Å². The predicted molar refractivity (Wildman–Crippen MR) is 87.7 cm³/mol. The number of hydrogen-bond donors (Lipinski definition) is 0. The fraction of sp³-hybridized carbons (Fsp3) is 0.176. The number of para-hydroxylation sites is 1. The Balaban J connectivity index is 1.93. The van der Waals surface area contributed by atoms with E-state index in [1.165, 1.54) is 5.56 Å². The number of aryl methyl sites for hydroxylation is 1. The summed E-state index contributed by atoms with van der Waals surface area (Å²) in [5, 5.41) is 8.78. The van der Waals surface area contributed by atoms with Gasteiger partial charge in [0.2, 0.25) is 0 Å². The molecule has 22 heavy (non-hydrogen) atoms. The zero-order valence-electron chi connectivity index (χ0n) is 12.1. The molecule has 0 saturated heterocycles. The van der Waals surface area contributed by atoms with E-state index in [1.54, 1.807) is 0 Å². The van der Waals surface area contributed by atoms with E-state index in [9.17, 15) is 0 Å². The third kappa shape index (κ3) is 2.17. The molecule has 1 aliphatic heterocycles. The average molecular weight is 356 g/mol. The summed E-state index contributed by atoms with van der Waals surface area (Å²) >= 11 is 3.61. The Bertz CT molecular complexity index is 857. The average Bonchev–Trinajstić information content (AvgIpc) is 2.85. The zero-order valence-corrected chi connectivity index (χ0v) is 13.7. The van der Waals surface area contributed by atoms with E-state index in [-0.39, 0.29) is 0 Å². The standard InChI is InChI=1S/C17H14BrN3O/c1-11-6-7-14(18)13(8-11)17-16-10-22-9-12-4-2-3-5-15(12)21(16)20-19-17/h2-8H,9-10H2,1H3. The van der Waals surface area contributed by atoms with Gasteiger partial charge < -0.3 is 4.74 Å². The monoisotopic (exact) mass is 355 g/mol. The Morgan fingerprint density at radius 3 is 2.91 bits per heavy atom. The summed E-state index contributed by atoms with van der Waals surface area (Å²) in [4.78, 5) is 0. The smallest absolute Gasteiger partial charge is 0.120 e. The van der Waals surface area contributed by atoms with Gasteiger partial charge in [-0.2, -0.15) is 0 Å². The molecule has 0 radical (unpaired) electrons. The molecule has 0 atom stereocenters. The van der Waals surface area contributed by atoms with E-state index < -0.39 is 0 Å². The van der Waals surface area contributed by atoms with Crippen molar-refractivity contribution < 1.29 is 4.74 Å².